The van der Waals surface area contributed by atoms with Crippen molar-refractivity contribution in [3.63, 3.8) is 0 Å². The second-order valence-corrected chi connectivity index (χ2v) is 3.87. The van der Waals surface area contributed by atoms with Gasteiger partial charge in [-0.25, -0.2) is 8.78 Å². The van der Waals surface area contributed by atoms with E-state index in [4.69, 9.17) is 0 Å². The molecule has 2 rings (SSSR count). The van der Waals surface area contributed by atoms with Crippen molar-refractivity contribution in [1.29, 1.82) is 0 Å². The largest absolute Gasteiger partial charge is 0.275 e. The summed E-state index contributed by atoms with van der Waals surface area (Å²) in [5, 5.41) is 0. The molecule has 102 valence electrons. The number of benzene rings is 2. The summed E-state index contributed by atoms with van der Waals surface area (Å²) in [5.41, 5.74) is 3.60. The molecule has 0 aliphatic heterocycles. The van der Waals surface area contributed by atoms with E-state index in [9.17, 15) is 18.4 Å². The summed E-state index contributed by atoms with van der Waals surface area (Å²) >= 11 is 0. The van der Waals surface area contributed by atoms with Crippen molar-refractivity contribution in [3.05, 3.63) is 71.3 Å². The second-order valence-electron chi connectivity index (χ2n) is 3.87. The number of hydrogen-bond donors (Lipinski definition) is 2. The normalized spacial score (nSPS) is 9.90. The molecule has 2 aromatic carbocycles. The smallest absolute Gasteiger partial charge is 0.267 e. The summed E-state index contributed by atoms with van der Waals surface area (Å²) in [6.45, 7) is 0. The van der Waals surface area contributed by atoms with E-state index in [1.54, 1.807) is 18.2 Å². The Morgan fingerprint density at radius 1 is 0.750 bits per heavy atom. The lowest BCUT2D eigenvalue weighted by atomic mass is 10.2. The molecular weight excluding hydrogens is 266 g/mol. The minimum absolute atomic E-state index is 0.307. The highest BCUT2D eigenvalue weighted by Crippen LogP contribution is 2.11. The van der Waals surface area contributed by atoms with E-state index in [2.05, 4.69) is 5.43 Å². The minimum atomic E-state index is -1.06. The summed E-state index contributed by atoms with van der Waals surface area (Å²) in [5.74, 6) is -3.66. The number of hydrogen-bond acceptors (Lipinski definition) is 2. The zero-order chi connectivity index (χ0) is 14.5. The van der Waals surface area contributed by atoms with Gasteiger partial charge in [0.15, 0.2) is 0 Å². The Labute approximate surface area is 113 Å². The molecular formula is C14H10F2N2O2. The molecule has 0 aliphatic rings. The highest BCUT2D eigenvalue weighted by molar-refractivity contribution is 5.99. The van der Waals surface area contributed by atoms with E-state index in [0.29, 0.717) is 5.56 Å². The molecule has 0 unspecified atom stereocenters. The van der Waals surface area contributed by atoms with E-state index in [1.165, 1.54) is 12.1 Å². The van der Waals surface area contributed by atoms with Crippen LogP contribution >= 0.6 is 0 Å². The highest BCUT2D eigenvalue weighted by Gasteiger charge is 2.17. The van der Waals surface area contributed by atoms with E-state index in [1.807, 2.05) is 5.43 Å². The molecule has 0 spiro atoms. The van der Waals surface area contributed by atoms with Gasteiger partial charge >= 0.3 is 0 Å². The maximum Gasteiger partial charge on any atom is 0.275 e. The van der Waals surface area contributed by atoms with Crippen LogP contribution < -0.4 is 10.9 Å². The number of nitrogens with one attached hydrogen (secondary N) is 2. The minimum Gasteiger partial charge on any atom is -0.267 e. The first-order valence-electron chi connectivity index (χ1n) is 5.69. The molecule has 0 atom stereocenters. The van der Waals surface area contributed by atoms with Gasteiger partial charge in [0.1, 0.15) is 17.2 Å². The summed E-state index contributed by atoms with van der Waals surface area (Å²) < 4.78 is 26.7. The molecule has 4 nitrogen and oxygen atoms in total. The number of carbonyl (C=O) groups is 2. The Balaban J connectivity index is 2.05. The molecule has 0 heterocycles. The molecule has 0 saturated carbocycles. The standard InChI is InChI=1S/C14H10F2N2O2/c15-10-7-4-8-11(16)12(10)14(20)18-17-13(19)9-5-2-1-3-6-9/h1-8H,(H,17,19)(H,18,20). The monoisotopic (exact) mass is 276 g/mol. The van der Waals surface area contributed by atoms with Crippen LogP contribution in [0.25, 0.3) is 0 Å². The zero-order valence-corrected chi connectivity index (χ0v) is 10.2. The quantitative estimate of drug-likeness (QED) is 0.825. The third-order valence-electron chi connectivity index (χ3n) is 2.52. The van der Waals surface area contributed by atoms with Gasteiger partial charge in [-0.2, -0.15) is 0 Å². The lowest BCUT2D eigenvalue weighted by Crippen LogP contribution is -2.42. The van der Waals surface area contributed by atoms with Gasteiger partial charge in [-0.15, -0.1) is 0 Å². The van der Waals surface area contributed by atoms with Crippen molar-refractivity contribution in [2.24, 2.45) is 0 Å². The summed E-state index contributed by atoms with van der Waals surface area (Å²) in [7, 11) is 0. The molecule has 6 heteroatoms. The highest BCUT2D eigenvalue weighted by atomic mass is 19.1. The summed E-state index contributed by atoms with van der Waals surface area (Å²) in [6, 6.07) is 11.1. The fraction of sp³-hybridized carbons (Fsp3) is 0. The first kappa shape index (κ1) is 13.7. The van der Waals surface area contributed by atoms with Crippen LogP contribution in [0, 0.1) is 11.6 Å². The van der Waals surface area contributed by atoms with Crippen molar-refractivity contribution >= 4 is 11.8 Å². The zero-order valence-electron chi connectivity index (χ0n) is 10.2. The maximum atomic E-state index is 13.3. The van der Waals surface area contributed by atoms with Crippen molar-refractivity contribution in [2.75, 3.05) is 0 Å². The third kappa shape index (κ3) is 2.97. The molecule has 0 aromatic heterocycles. The van der Waals surface area contributed by atoms with Crippen LogP contribution in [0.2, 0.25) is 0 Å². The fourth-order valence-corrected chi connectivity index (χ4v) is 1.55. The molecule has 2 N–H and O–H groups in total. The van der Waals surface area contributed by atoms with Crippen LogP contribution in [0.5, 0.6) is 0 Å². The van der Waals surface area contributed by atoms with Gasteiger partial charge in [0, 0.05) is 5.56 Å². The molecule has 0 bridgehead atoms. The second kappa shape index (κ2) is 5.92. The van der Waals surface area contributed by atoms with E-state index < -0.39 is 29.0 Å². The average Bonchev–Trinajstić information content (AvgIpc) is 2.45. The maximum absolute atomic E-state index is 13.3. The van der Waals surface area contributed by atoms with E-state index >= 15 is 0 Å². The molecule has 2 aromatic rings. The SMILES string of the molecule is O=C(NNC(=O)c1c(F)cccc1F)c1ccccc1. The lowest BCUT2D eigenvalue weighted by Gasteiger charge is -2.08. The van der Waals surface area contributed by atoms with Crippen LogP contribution in [0.4, 0.5) is 8.78 Å². The number of amides is 2. The number of carbonyl (C=O) groups excluding carboxylic acids is 2. The van der Waals surface area contributed by atoms with Gasteiger partial charge in [0.2, 0.25) is 0 Å². The predicted molar refractivity (Wildman–Crippen MR) is 67.7 cm³/mol. The van der Waals surface area contributed by atoms with Gasteiger partial charge in [-0.1, -0.05) is 24.3 Å². The molecule has 0 fully saturated rings. The molecule has 0 aliphatic carbocycles. The van der Waals surface area contributed by atoms with Crippen molar-refractivity contribution in [1.82, 2.24) is 10.9 Å². The first-order chi connectivity index (χ1) is 9.59. The Morgan fingerprint density at radius 3 is 1.90 bits per heavy atom. The Hall–Kier alpha value is -2.76. The van der Waals surface area contributed by atoms with Crippen molar-refractivity contribution in [2.45, 2.75) is 0 Å². The Kier molecular flexibility index (Phi) is 4.05. The number of hydrazine groups is 1. The summed E-state index contributed by atoms with van der Waals surface area (Å²) in [6.07, 6.45) is 0. The van der Waals surface area contributed by atoms with Gasteiger partial charge < -0.3 is 0 Å². The lowest BCUT2D eigenvalue weighted by molar-refractivity contribution is 0.0841. The van der Waals surface area contributed by atoms with Crippen LogP contribution in [0.3, 0.4) is 0 Å². The fourth-order valence-electron chi connectivity index (χ4n) is 1.55. The summed E-state index contributed by atoms with van der Waals surface area (Å²) in [4.78, 5) is 23.3. The average molecular weight is 276 g/mol. The number of rotatable bonds is 2. The Bertz CT molecular complexity index is 625. The molecule has 2 amide bonds. The van der Waals surface area contributed by atoms with Gasteiger partial charge in [-0.3, -0.25) is 20.4 Å². The van der Waals surface area contributed by atoms with Crippen molar-refractivity contribution < 1.29 is 18.4 Å². The van der Waals surface area contributed by atoms with Crippen molar-refractivity contribution in [3.8, 4) is 0 Å². The van der Waals surface area contributed by atoms with E-state index in [0.717, 1.165) is 18.2 Å². The predicted octanol–water partition coefficient (Wildman–Crippen LogP) is 2.04. The Morgan fingerprint density at radius 2 is 1.30 bits per heavy atom. The molecule has 0 saturated heterocycles. The topological polar surface area (TPSA) is 58.2 Å². The number of halogens is 2. The van der Waals surface area contributed by atoms with Gasteiger partial charge in [0.05, 0.1) is 0 Å². The van der Waals surface area contributed by atoms with Crippen LogP contribution in [0.1, 0.15) is 20.7 Å². The van der Waals surface area contributed by atoms with Gasteiger partial charge in [0.25, 0.3) is 11.8 Å². The van der Waals surface area contributed by atoms with Crippen LogP contribution in [-0.4, -0.2) is 11.8 Å². The van der Waals surface area contributed by atoms with Crippen LogP contribution in [0.15, 0.2) is 48.5 Å². The molecule has 0 radical (unpaired) electrons. The third-order valence-corrected chi connectivity index (χ3v) is 2.52. The van der Waals surface area contributed by atoms with Gasteiger partial charge in [-0.05, 0) is 24.3 Å². The molecule has 20 heavy (non-hydrogen) atoms. The van der Waals surface area contributed by atoms with E-state index in [-0.39, 0.29) is 0 Å². The van der Waals surface area contributed by atoms with Crippen LogP contribution in [-0.2, 0) is 0 Å². The first-order valence-corrected chi connectivity index (χ1v) is 5.69.